The van der Waals surface area contributed by atoms with Crippen molar-refractivity contribution in [2.45, 2.75) is 6.92 Å². The molecule has 0 aromatic heterocycles. The second-order valence-electron chi connectivity index (χ2n) is 4.49. The number of rotatable bonds is 3. The third-order valence-electron chi connectivity index (χ3n) is 3.14. The Hall–Kier alpha value is -3.00. The average molecular weight is 281 g/mol. The number of amides is 1. The highest BCUT2D eigenvalue weighted by Gasteiger charge is 2.17. The number of carbonyl (C=O) groups is 1. The van der Waals surface area contributed by atoms with Gasteiger partial charge in [-0.1, -0.05) is 18.2 Å². The van der Waals surface area contributed by atoms with E-state index in [1.807, 2.05) is 13.0 Å². The summed E-state index contributed by atoms with van der Waals surface area (Å²) in [7, 11) is 1.47. The Labute approximate surface area is 123 Å². The van der Waals surface area contributed by atoms with Crippen LogP contribution in [0.3, 0.4) is 0 Å². The van der Waals surface area contributed by atoms with Crippen LogP contribution in [0.5, 0.6) is 5.75 Å². The standard InChI is InChI=1S/C16H15N3O2/c1-10-5-3-7-13(11(10)9-17)19-16(20)15-12(18)6-4-8-14(15)21-2/h3-8H,18H2,1-2H3,(H,19,20). The lowest BCUT2D eigenvalue weighted by molar-refractivity contribution is 0.102. The van der Waals surface area contributed by atoms with Gasteiger partial charge in [-0.2, -0.15) is 5.26 Å². The van der Waals surface area contributed by atoms with Gasteiger partial charge in [-0.15, -0.1) is 0 Å². The number of hydrogen-bond acceptors (Lipinski definition) is 4. The predicted octanol–water partition coefficient (Wildman–Crippen LogP) is 2.71. The fourth-order valence-electron chi connectivity index (χ4n) is 2.07. The third-order valence-corrected chi connectivity index (χ3v) is 3.14. The number of anilines is 2. The summed E-state index contributed by atoms with van der Waals surface area (Å²) < 4.78 is 5.16. The van der Waals surface area contributed by atoms with Crippen molar-refractivity contribution in [1.29, 1.82) is 5.26 Å². The highest BCUT2D eigenvalue weighted by Crippen LogP contribution is 2.26. The summed E-state index contributed by atoms with van der Waals surface area (Å²) >= 11 is 0. The molecule has 1 amide bonds. The van der Waals surface area contributed by atoms with Gasteiger partial charge >= 0.3 is 0 Å². The monoisotopic (exact) mass is 281 g/mol. The number of benzene rings is 2. The molecule has 2 rings (SSSR count). The number of nitrogens with one attached hydrogen (secondary N) is 1. The SMILES string of the molecule is COc1cccc(N)c1C(=O)Nc1cccc(C)c1C#N. The summed E-state index contributed by atoms with van der Waals surface area (Å²) in [5.74, 6) is -0.0225. The number of aryl methyl sites for hydroxylation is 1. The molecule has 0 aliphatic carbocycles. The van der Waals surface area contributed by atoms with E-state index in [0.29, 0.717) is 22.7 Å². The third kappa shape index (κ3) is 2.79. The number of methoxy groups -OCH3 is 1. The number of nitrogens with zero attached hydrogens (tertiary/aromatic N) is 1. The van der Waals surface area contributed by atoms with Crippen LogP contribution in [-0.4, -0.2) is 13.0 Å². The lowest BCUT2D eigenvalue weighted by Crippen LogP contribution is -2.16. The highest BCUT2D eigenvalue weighted by molar-refractivity contribution is 6.10. The van der Waals surface area contributed by atoms with Gasteiger partial charge in [0.05, 0.1) is 18.4 Å². The molecule has 0 radical (unpaired) electrons. The molecule has 0 aliphatic rings. The van der Waals surface area contributed by atoms with E-state index in [0.717, 1.165) is 5.56 Å². The first-order valence-electron chi connectivity index (χ1n) is 6.32. The van der Waals surface area contributed by atoms with Crippen LogP contribution in [0, 0.1) is 18.3 Å². The molecule has 0 aliphatic heterocycles. The van der Waals surface area contributed by atoms with Crippen molar-refractivity contribution in [3.63, 3.8) is 0 Å². The van der Waals surface area contributed by atoms with E-state index in [1.165, 1.54) is 7.11 Å². The van der Waals surface area contributed by atoms with Crippen molar-refractivity contribution < 1.29 is 9.53 Å². The molecule has 2 aromatic rings. The second kappa shape index (κ2) is 5.97. The van der Waals surface area contributed by atoms with Gasteiger partial charge in [0.1, 0.15) is 17.4 Å². The molecular weight excluding hydrogens is 266 g/mol. The zero-order valence-electron chi connectivity index (χ0n) is 11.8. The van der Waals surface area contributed by atoms with Crippen molar-refractivity contribution in [3.05, 3.63) is 53.1 Å². The van der Waals surface area contributed by atoms with Crippen LogP contribution in [0.2, 0.25) is 0 Å². The molecule has 0 bridgehead atoms. The van der Waals surface area contributed by atoms with Crippen LogP contribution < -0.4 is 15.8 Å². The predicted molar refractivity (Wildman–Crippen MR) is 81.3 cm³/mol. The number of nitriles is 1. The minimum Gasteiger partial charge on any atom is -0.496 e. The van der Waals surface area contributed by atoms with Gasteiger partial charge in [0, 0.05) is 5.69 Å². The van der Waals surface area contributed by atoms with Gasteiger partial charge in [-0.05, 0) is 30.7 Å². The number of hydrogen-bond donors (Lipinski definition) is 2. The van der Waals surface area contributed by atoms with Crippen molar-refractivity contribution in [2.24, 2.45) is 0 Å². The summed E-state index contributed by atoms with van der Waals surface area (Å²) in [6, 6.07) is 12.3. The Morgan fingerprint density at radius 3 is 2.67 bits per heavy atom. The van der Waals surface area contributed by atoms with Gasteiger partial charge in [0.15, 0.2) is 0 Å². The Morgan fingerprint density at radius 2 is 2.00 bits per heavy atom. The molecule has 0 saturated heterocycles. The van der Waals surface area contributed by atoms with Crippen LogP contribution in [0.4, 0.5) is 11.4 Å². The fraction of sp³-hybridized carbons (Fsp3) is 0.125. The topological polar surface area (TPSA) is 88.1 Å². The largest absolute Gasteiger partial charge is 0.496 e. The van der Waals surface area contributed by atoms with Crippen LogP contribution in [0.15, 0.2) is 36.4 Å². The summed E-state index contributed by atoms with van der Waals surface area (Å²) in [4.78, 5) is 12.4. The Kier molecular flexibility index (Phi) is 4.10. The lowest BCUT2D eigenvalue weighted by atomic mass is 10.1. The molecule has 0 spiro atoms. The summed E-state index contributed by atoms with van der Waals surface area (Å²) in [5.41, 5.74) is 8.10. The van der Waals surface area contributed by atoms with Crippen molar-refractivity contribution in [2.75, 3.05) is 18.2 Å². The minimum absolute atomic E-state index is 0.255. The second-order valence-corrected chi connectivity index (χ2v) is 4.49. The van der Waals surface area contributed by atoms with E-state index in [9.17, 15) is 10.1 Å². The van der Waals surface area contributed by atoms with E-state index in [-0.39, 0.29) is 5.56 Å². The van der Waals surface area contributed by atoms with Gasteiger partial charge in [-0.25, -0.2) is 0 Å². The van der Waals surface area contributed by atoms with Gasteiger partial charge in [0.25, 0.3) is 5.91 Å². The Morgan fingerprint density at radius 1 is 1.29 bits per heavy atom. The fourth-order valence-corrected chi connectivity index (χ4v) is 2.07. The molecule has 2 aromatic carbocycles. The zero-order valence-corrected chi connectivity index (χ0v) is 11.8. The molecular formula is C16H15N3O2. The summed E-state index contributed by atoms with van der Waals surface area (Å²) in [6.07, 6.45) is 0. The van der Waals surface area contributed by atoms with Crippen LogP contribution in [-0.2, 0) is 0 Å². The lowest BCUT2D eigenvalue weighted by Gasteiger charge is -2.13. The number of nitrogen functional groups attached to an aromatic ring is 1. The maximum atomic E-state index is 12.4. The first kappa shape index (κ1) is 14.4. The average Bonchev–Trinajstić information content (AvgIpc) is 2.47. The van der Waals surface area contributed by atoms with E-state index in [1.54, 1.807) is 30.3 Å². The van der Waals surface area contributed by atoms with Crippen LogP contribution >= 0.6 is 0 Å². The number of carbonyl (C=O) groups excluding carboxylic acids is 1. The maximum absolute atomic E-state index is 12.4. The summed E-state index contributed by atoms with van der Waals surface area (Å²) in [6.45, 7) is 1.81. The minimum atomic E-state index is -0.410. The maximum Gasteiger partial charge on any atom is 0.261 e. The molecule has 3 N–H and O–H groups in total. The molecule has 5 nitrogen and oxygen atoms in total. The van der Waals surface area contributed by atoms with Crippen LogP contribution in [0.25, 0.3) is 0 Å². The molecule has 0 fully saturated rings. The normalized spacial score (nSPS) is 9.76. The van der Waals surface area contributed by atoms with Crippen molar-refractivity contribution in [3.8, 4) is 11.8 Å². The molecule has 5 heteroatoms. The molecule has 0 unspecified atom stereocenters. The molecule has 106 valence electrons. The highest BCUT2D eigenvalue weighted by atomic mass is 16.5. The smallest absolute Gasteiger partial charge is 0.261 e. The molecule has 0 heterocycles. The van der Waals surface area contributed by atoms with Gasteiger partial charge < -0.3 is 15.8 Å². The van der Waals surface area contributed by atoms with Crippen LogP contribution in [0.1, 0.15) is 21.5 Å². The van der Waals surface area contributed by atoms with E-state index < -0.39 is 5.91 Å². The van der Waals surface area contributed by atoms with E-state index in [4.69, 9.17) is 10.5 Å². The quantitative estimate of drug-likeness (QED) is 0.847. The van der Waals surface area contributed by atoms with Gasteiger partial charge in [-0.3, -0.25) is 4.79 Å². The molecule has 0 atom stereocenters. The van der Waals surface area contributed by atoms with Crippen molar-refractivity contribution >= 4 is 17.3 Å². The van der Waals surface area contributed by atoms with Gasteiger partial charge in [0.2, 0.25) is 0 Å². The van der Waals surface area contributed by atoms with E-state index >= 15 is 0 Å². The number of nitrogens with two attached hydrogens (primary N) is 1. The summed E-state index contributed by atoms with van der Waals surface area (Å²) in [5, 5.41) is 11.9. The van der Waals surface area contributed by atoms with Crippen molar-refractivity contribution in [1.82, 2.24) is 0 Å². The zero-order chi connectivity index (χ0) is 15.4. The molecule has 0 saturated carbocycles. The Bertz CT molecular complexity index is 733. The Balaban J connectivity index is 2.41. The first-order chi connectivity index (χ1) is 10.1. The number of ether oxygens (including phenoxy) is 1. The van der Waals surface area contributed by atoms with E-state index in [2.05, 4.69) is 11.4 Å². The first-order valence-corrected chi connectivity index (χ1v) is 6.32. The molecule has 21 heavy (non-hydrogen) atoms.